The third-order valence-electron chi connectivity index (χ3n) is 5.07. The molecule has 1 atom stereocenters. The lowest BCUT2D eigenvalue weighted by molar-refractivity contribution is 0.216. The number of benzene rings is 1. The number of nitrogens with zero attached hydrogens (tertiary/aromatic N) is 4. The minimum Gasteiger partial charge on any atom is -0.368 e. The zero-order valence-corrected chi connectivity index (χ0v) is 13.5. The maximum atomic E-state index is 9.25. The lowest BCUT2D eigenvalue weighted by Crippen LogP contribution is -2.48. The molecule has 4 nitrogen and oxygen atoms in total. The maximum absolute atomic E-state index is 9.25. The third-order valence-corrected chi connectivity index (χ3v) is 5.07. The lowest BCUT2D eigenvalue weighted by atomic mass is 10.1. The Hall–Kier alpha value is -1.57. The van der Waals surface area contributed by atoms with Crippen LogP contribution >= 0.6 is 0 Å². The molecule has 2 saturated heterocycles. The Morgan fingerprint density at radius 3 is 2.55 bits per heavy atom. The first kappa shape index (κ1) is 15.3. The van der Waals surface area contributed by atoms with Gasteiger partial charge in [0.25, 0.3) is 0 Å². The first-order chi connectivity index (χ1) is 10.8. The lowest BCUT2D eigenvalue weighted by Gasteiger charge is -2.37. The zero-order valence-electron chi connectivity index (χ0n) is 13.5. The summed E-state index contributed by atoms with van der Waals surface area (Å²) in [6, 6.07) is 10.3. The largest absolute Gasteiger partial charge is 0.368 e. The number of piperazine rings is 1. The Balaban J connectivity index is 1.51. The van der Waals surface area contributed by atoms with Gasteiger partial charge in [-0.1, -0.05) is 19.1 Å². The summed E-state index contributed by atoms with van der Waals surface area (Å²) in [4.78, 5) is 7.53. The van der Waals surface area contributed by atoms with Crippen LogP contribution in [0, 0.1) is 17.2 Å². The van der Waals surface area contributed by atoms with Crippen LogP contribution in [0.5, 0.6) is 0 Å². The summed E-state index contributed by atoms with van der Waals surface area (Å²) in [6.45, 7) is 11.5. The molecule has 0 N–H and O–H groups in total. The number of rotatable bonds is 4. The fourth-order valence-corrected chi connectivity index (χ4v) is 3.73. The van der Waals surface area contributed by atoms with E-state index in [9.17, 15) is 5.26 Å². The summed E-state index contributed by atoms with van der Waals surface area (Å²) < 4.78 is 0. The minimum atomic E-state index is 0.797. The van der Waals surface area contributed by atoms with Crippen LogP contribution < -0.4 is 4.90 Å². The molecule has 0 aliphatic carbocycles. The van der Waals surface area contributed by atoms with Gasteiger partial charge in [-0.25, -0.2) is 0 Å². The quantitative estimate of drug-likeness (QED) is 0.851. The van der Waals surface area contributed by atoms with Gasteiger partial charge in [0.05, 0.1) is 11.3 Å². The van der Waals surface area contributed by atoms with Gasteiger partial charge in [-0.15, -0.1) is 0 Å². The van der Waals surface area contributed by atoms with Crippen LogP contribution in [0.15, 0.2) is 24.3 Å². The van der Waals surface area contributed by atoms with E-state index in [0.29, 0.717) is 0 Å². The van der Waals surface area contributed by atoms with Crippen LogP contribution in [0.1, 0.15) is 18.9 Å². The van der Waals surface area contributed by atoms with E-state index in [2.05, 4.69) is 33.8 Å². The molecule has 118 valence electrons. The summed E-state index contributed by atoms with van der Waals surface area (Å²) in [6.07, 6.45) is 1.35. The number of hydrogen-bond acceptors (Lipinski definition) is 4. The number of anilines is 1. The number of para-hydroxylation sites is 1. The molecule has 2 aliphatic heterocycles. The van der Waals surface area contributed by atoms with Crippen molar-refractivity contribution in [3.05, 3.63) is 29.8 Å². The van der Waals surface area contributed by atoms with E-state index < -0.39 is 0 Å². The molecule has 22 heavy (non-hydrogen) atoms. The van der Waals surface area contributed by atoms with Crippen molar-refractivity contribution in [1.29, 1.82) is 5.26 Å². The maximum Gasteiger partial charge on any atom is 0.101 e. The van der Waals surface area contributed by atoms with Gasteiger partial charge < -0.3 is 9.80 Å². The van der Waals surface area contributed by atoms with Gasteiger partial charge in [0.2, 0.25) is 0 Å². The van der Waals surface area contributed by atoms with Gasteiger partial charge in [-0.2, -0.15) is 5.26 Å². The van der Waals surface area contributed by atoms with Gasteiger partial charge in [0.15, 0.2) is 0 Å². The number of likely N-dealkylation sites (tertiary alicyclic amines) is 1. The van der Waals surface area contributed by atoms with E-state index in [0.717, 1.165) is 43.3 Å². The fourth-order valence-electron chi connectivity index (χ4n) is 3.73. The van der Waals surface area contributed by atoms with Crippen molar-refractivity contribution < 1.29 is 0 Å². The second-order valence-corrected chi connectivity index (χ2v) is 6.46. The molecule has 0 unspecified atom stereocenters. The normalized spacial score (nSPS) is 23.6. The molecule has 0 amide bonds. The highest BCUT2D eigenvalue weighted by Gasteiger charge is 2.25. The van der Waals surface area contributed by atoms with Crippen LogP contribution in [0.4, 0.5) is 5.69 Å². The van der Waals surface area contributed by atoms with Crippen molar-refractivity contribution in [2.24, 2.45) is 5.92 Å². The molecule has 0 bridgehead atoms. The van der Waals surface area contributed by atoms with Gasteiger partial charge in [-0.05, 0) is 37.6 Å². The van der Waals surface area contributed by atoms with E-state index >= 15 is 0 Å². The second-order valence-electron chi connectivity index (χ2n) is 6.46. The molecule has 1 aromatic carbocycles. The van der Waals surface area contributed by atoms with Crippen molar-refractivity contribution in [1.82, 2.24) is 9.80 Å². The van der Waals surface area contributed by atoms with Crippen LogP contribution in [0.3, 0.4) is 0 Å². The predicted octanol–water partition coefficient (Wildman–Crippen LogP) is 2.02. The summed E-state index contributed by atoms with van der Waals surface area (Å²) in [5.41, 5.74) is 1.90. The Morgan fingerprint density at radius 2 is 1.86 bits per heavy atom. The smallest absolute Gasteiger partial charge is 0.101 e. The highest BCUT2D eigenvalue weighted by molar-refractivity contribution is 5.59. The molecule has 4 heteroatoms. The molecule has 0 spiro atoms. The summed E-state index contributed by atoms with van der Waals surface area (Å²) in [5.74, 6) is 0.845. The first-order valence-corrected chi connectivity index (χ1v) is 8.49. The van der Waals surface area contributed by atoms with Gasteiger partial charge in [-0.3, -0.25) is 4.90 Å². The predicted molar refractivity (Wildman–Crippen MR) is 90.0 cm³/mol. The van der Waals surface area contributed by atoms with Crippen molar-refractivity contribution in [2.75, 3.05) is 57.3 Å². The molecule has 0 saturated carbocycles. The molecular formula is C18H26N4. The second kappa shape index (κ2) is 7.13. The Kier molecular flexibility index (Phi) is 4.97. The monoisotopic (exact) mass is 298 g/mol. The molecular weight excluding hydrogens is 272 g/mol. The Labute approximate surface area is 133 Å². The van der Waals surface area contributed by atoms with E-state index in [1.165, 1.54) is 32.6 Å². The third kappa shape index (κ3) is 3.43. The van der Waals surface area contributed by atoms with Crippen LogP contribution in [0.2, 0.25) is 0 Å². The first-order valence-electron chi connectivity index (χ1n) is 8.49. The minimum absolute atomic E-state index is 0.797. The fraction of sp³-hybridized carbons (Fsp3) is 0.611. The summed E-state index contributed by atoms with van der Waals surface area (Å²) >= 11 is 0. The molecule has 1 aromatic rings. The van der Waals surface area contributed by atoms with Gasteiger partial charge >= 0.3 is 0 Å². The molecule has 2 heterocycles. The topological polar surface area (TPSA) is 33.5 Å². The van der Waals surface area contributed by atoms with Crippen molar-refractivity contribution >= 4 is 5.69 Å². The number of nitriles is 1. The summed E-state index contributed by atoms with van der Waals surface area (Å²) in [5, 5.41) is 9.25. The Morgan fingerprint density at radius 1 is 1.09 bits per heavy atom. The molecule has 3 rings (SSSR count). The van der Waals surface area contributed by atoms with Gasteiger partial charge in [0, 0.05) is 39.3 Å². The van der Waals surface area contributed by atoms with Gasteiger partial charge in [0.1, 0.15) is 6.07 Å². The van der Waals surface area contributed by atoms with Crippen LogP contribution in [-0.2, 0) is 0 Å². The van der Waals surface area contributed by atoms with E-state index in [1.807, 2.05) is 18.2 Å². The van der Waals surface area contributed by atoms with Crippen LogP contribution in [0.25, 0.3) is 0 Å². The summed E-state index contributed by atoms with van der Waals surface area (Å²) in [7, 11) is 0. The number of hydrogen-bond donors (Lipinski definition) is 0. The van der Waals surface area contributed by atoms with Crippen molar-refractivity contribution in [3.63, 3.8) is 0 Å². The Bertz CT molecular complexity index is 528. The molecule has 2 fully saturated rings. The van der Waals surface area contributed by atoms with E-state index in [1.54, 1.807) is 0 Å². The zero-order chi connectivity index (χ0) is 15.4. The molecule has 2 aliphatic rings. The standard InChI is InChI=1S/C18H26N4/c1-2-20-8-7-16(14-20)15-21-9-11-22(12-10-21)18-6-4-3-5-17(18)13-19/h3-6,16H,2,7-12,14-15H2,1H3/t16-/m0/s1. The molecule has 0 radical (unpaired) electrons. The molecule has 0 aromatic heterocycles. The van der Waals surface area contributed by atoms with Crippen molar-refractivity contribution in [2.45, 2.75) is 13.3 Å². The highest BCUT2D eigenvalue weighted by Crippen LogP contribution is 2.22. The van der Waals surface area contributed by atoms with Crippen LogP contribution in [-0.4, -0.2) is 62.2 Å². The SMILES string of the molecule is CCN1CC[C@H](CN2CCN(c3ccccc3C#N)CC2)C1. The highest BCUT2D eigenvalue weighted by atomic mass is 15.3. The average Bonchev–Trinajstić information content (AvgIpc) is 3.03. The van der Waals surface area contributed by atoms with E-state index in [4.69, 9.17) is 0 Å². The van der Waals surface area contributed by atoms with Crippen molar-refractivity contribution in [3.8, 4) is 6.07 Å². The average molecular weight is 298 g/mol. The van der Waals surface area contributed by atoms with E-state index in [-0.39, 0.29) is 0 Å².